The molecular formula is C12H9ClF3N3O. The van der Waals surface area contributed by atoms with E-state index in [1.807, 2.05) is 0 Å². The van der Waals surface area contributed by atoms with E-state index in [2.05, 4.69) is 20.3 Å². The van der Waals surface area contributed by atoms with E-state index in [-0.39, 0.29) is 5.75 Å². The third-order valence-electron chi connectivity index (χ3n) is 2.98. The van der Waals surface area contributed by atoms with Crippen LogP contribution < -0.4 is 10.1 Å². The summed E-state index contributed by atoms with van der Waals surface area (Å²) >= 11 is 6.05. The molecule has 1 aliphatic rings. The molecule has 3 rings (SSSR count). The SMILES string of the molecule is FC(F)(F)Oc1ccc(Cl)c(-c2n[nH]c3c2CNC3)c1. The smallest absolute Gasteiger partial charge is 0.406 e. The summed E-state index contributed by atoms with van der Waals surface area (Å²) in [6.07, 6.45) is -4.74. The Morgan fingerprint density at radius 2 is 2.05 bits per heavy atom. The number of fused-ring (bicyclic) bond motifs is 1. The van der Waals surface area contributed by atoms with Crippen LogP contribution in [-0.4, -0.2) is 16.6 Å². The minimum atomic E-state index is -4.74. The second-order valence-corrected chi connectivity index (χ2v) is 4.73. The molecule has 0 radical (unpaired) electrons. The highest BCUT2D eigenvalue weighted by atomic mass is 35.5. The summed E-state index contributed by atoms with van der Waals surface area (Å²) in [5, 5.41) is 10.4. The fraction of sp³-hybridized carbons (Fsp3) is 0.250. The van der Waals surface area contributed by atoms with Crippen molar-refractivity contribution in [3.63, 3.8) is 0 Å². The van der Waals surface area contributed by atoms with Crippen LogP contribution in [0.3, 0.4) is 0 Å². The third kappa shape index (κ3) is 2.46. The molecular weight excluding hydrogens is 295 g/mol. The second-order valence-electron chi connectivity index (χ2n) is 4.32. The molecule has 2 N–H and O–H groups in total. The summed E-state index contributed by atoms with van der Waals surface area (Å²) in [6, 6.07) is 3.77. The van der Waals surface area contributed by atoms with Gasteiger partial charge in [0.25, 0.3) is 0 Å². The molecule has 8 heteroatoms. The predicted octanol–water partition coefficient (Wildman–Crippen LogP) is 3.23. The molecule has 106 valence electrons. The highest BCUT2D eigenvalue weighted by molar-refractivity contribution is 6.33. The van der Waals surface area contributed by atoms with E-state index in [1.54, 1.807) is 0 Å². The first-order chi connectivity index (χ1) is 9.44. The lowest BCUT2D eigenvalue weighted by atomic mass is 10.1. The summed E-state index contributed by atoms with van der Waals surface area (Å²) in [5.41, 5.74) is 2.78. The Bertz CT molecular complexity index is 654. The molecule has 2 heterocycles. The molecule has 1 aromatic heterocycles. The van der Waals surface area contributed by atoms with Crippen LogP contribution in [0.2, 0.25) is 5.02 Å². The van der Waals surface area contributed by atoms with E-state index >= 15 is 0 Å². The van der Waals surface area contributed by atoms with Crippen LogP contribution in [-0.2, 0) is 13.1 Å². The van der Waals surface area contributed by atoms with Crippen molar-refractivity contribution in [2.24, 2.45) is 0 Å². The Kier molecular flexibility index (Phi) is 3.10. The zero-order valence-corrected chi connectivity index (χ0v) is 10.8. The van der Waals surface area contributed by atoms with Gasteiger partial charge in [-0.25, -0.2) is 0 Å². The third-order valence-corrected chi connectivity index (χ3v) is 3.31. The largest absolute Gasteiger partial charge is 0.573 e. The van der Waals surface area contributed by atoms with Crippen LogP contribution in [0.4, 0.5) is 13.2 Å². The lowest BCUT2D eigenvalue weighted by molar-refractivity contribution is -0.274. The molecule has 0 saturated carbocycles. The van der Waals surface area contributed by atoms with Gasteiger partial charge in [0.15, 0.2) is 0 Å². The highest BCUT2D eigenvalue weighted by Crippen LogP contribution is 2.35. The molecule has 0 spiro atoms. The highest BCUT2D eigenvalue weighted by Gasteiger charge is 2.31. The number of H-pyrrole nitrogens is 1. The molecule has 0 atom stereocenters. The van der Waals surface area contributed by atoms with Crippen molar-refractivity contribution in [1.82, 2.24) is 15.5 Å². The van der Waals surface area contributed by atoms with Gasteiger partial charge in [-0.15, -0.1) is 13.2 Å². The second kappa shape index (κ2) is 4.68. The van der Waals surface area contributed by atoms with Gasteiger partial charge < -0.3 is 10.1 Å². The molecule has 0 amide bonds. The first-order valence-corrected chi connectivity index (χ1v) is 6.14. The summed E-state index contributed by atoms with van der Waals surface area (Å²) < 4.78 is 40.6. The van der Waals surface area contributed by atoms with Crippen molar-refractivity contribution in [2.75, 3.05) is 0 Å². The van der Waals surface area contributed by atoms with Crippen LogP contribution in [0.25, 0.3) is 11.3 Å². The van der Waals surface area contributed by atoms with E-state index in [4.69, 9.17) is 11.6 Å². The minimum Gasteiger partial charge on any atom is -0.406 e. The van der Waals surface area contributed by atoms with Crippen molar-refractivity contribution in [3.05, 3.63) is 34.5 Å². The van der Waals surface area contributed by atoms with Crippen molar-refractivity contribution < 1.29 is 17.9 Å². The fourth-order valence-corrected chi connectivity index (χ4v) is 2.36. The Morgan fingerprint density at radius 1 is 1.25 bits per heavy atom. The quantitative estimate of drug-likeness (QED) is 0.895. The number of halogens is 4. The van der Waals surface area contributed by atoms with Crippen LogP contribution in [0.5, 0.6) is 5.75 Å². The maximum absolute atomic E-state index is 12.2. The van der Waals surface area contributed by atoms with Crippen molar-refractivity contribution in [1.29, 1.82) is 0 Å². The molecule has 2 aromatic rings. The molecule has 0 fully saturated rings. The Morgan fingerprint density at radius 3 is 2.80 bits per heavy atom. The van der Waals surface area contributed by atoms with E-state index < -0.39 is 6.36 Å². The topological polar surface area (TPSA) is 49.9 Å². The van der Waals surface area contributed by atoms with Crippen LogP contribution in [0.1, 0.15) is 11.3 Å². The number of aromatic nitrogens is 2. The van der Waals surface area contributed by atoms with Crippen molar-refractivity contribution in [3.8, 4) is 17.0 Å². The van der Waals surface area contributed by atoms with Gasteiger partial charge in [0.2, 0.25) is 0 Å². The van der Waals surface area contributed by atoms with E-state index in [9.17, 15) is 13.2 Å². The van der Waals surface area contributed by atoms with Gasteiger partial charge in [0.1, 0.15) is 5.75 Å². The summed E-state index contributed by atoms with van der Waals surface area (Å²) in [4.78, 5) is 0. The summed E-state index contributed by atoms with van der Waals surface area (Å²) in [6.45, 7) is 1.25. The number of benzene rings is 1. The number of ether oxygens (including phenoxy) is 1. The molecule has 0 saturated heterocycles. The molecule has 4 nitrogen and oxygen atoms in total. The number of hydrogen-bond acceptors (Lipinski definition) is 3. The van der Waals surface area contributed by atoms with Gasteiger partial charge in [0.05, 0.1) is 16.4 Å². The number of nitrogens with zero attached hydrogens (tertiary/aromatic N) is 1. The van der Waals surface area contributed by atoms with Gasteiger partial charge in [0, 0.05) is 24.2 Å². The van der Waals surface area contributed by atoms with Gasteiger partial charge in [-0.2, -0.15) is 5.10 Å². The molecule has 20 heavy (non-hydrogen) atoms. The Labute approximate surface area is 116 Å². The summed E-state index contributed by atoms with van der Waals surface area (Å²) in [7, 11) is 0. The average molecular weight is 304 g/mol. The van der Waals surface area contributed by atoms with Crippen molar-refractivity contribution >= 4 is 11.6 Å². The zero-order valence-electron chi connectivity index (χ0n) is 10.0. The normalized spacial score (nSPS) is 14.4. The van der Waals surface area contributed by atoms with Gasteiger partial charge in [-0.1, -0.05) is 11.6 Å². The van der Waals surface area contributed by atoms with Gasteiger partial charge >= 0.3 is 6.36 Å². The fourth-order valence-electron chi connectivity index (χ4n) is 2.16. The Hall–Kier alpha value is -1.73. The summed E-state index contributed by atoms with van der Waals surface area (Å²) in [5.74, 6) is -0.320. The van der Waals surface area contributed by atoms with Crippen LogP contribution in [0.15, 0.2) is 18.2 Å². The number of nitrogens with one attached hydrogen (secondary N) is 2. The standard InChI is InChI=1S/C12H9ClF3N3O/c13-9-2-1-6(20-12(14,15)16)3-7(9)11-8-4-17-5-10(8)18-19-11/h1-3,17H,4-5H2,(H,18,19). The van der Waals surface area contributed by atoms with Crippen molar-refractivity contribution in [2.45, 2.75) is 19.5 Å². The van der Waals surface area contributed by atoms with Crippen LogP contribution >= 0.6 is 11.6 Å². The lowest BCUT2D eigenvalue weighted by Crippen LogP contribution is -2.17. The molecule has 1 aromatic carbocycles. The lowest BCUT2D eigenvalue weighted by Gasteiger charge is -2.11. The van der Waals surface area contributed by atoms with E-state index in [0.29, 0.717) is 29.4 Å². The van der Waals surface area contributed by atoms with Gasteiger partial charge in [-0.3, -0.25) is 5.10 Å². The van der Waals surface area contributed by atoms with E-state index in [1.165, 1.54) is 18.2 Å². The number of rotatable bonds is 2. The molecule has 0 aliphatic carbocycles. The number of aromatic amines is 1. The first kappa shape index (κ1) is 13.3. The predicted molar refractivity (Wildman–Crippen MR) is 66.3 cm³/mol. The van der Waals surface area contributed by atoms with Crippen LogP contribution in [0, 0.1) is 0 Å². The van der Waals surface area contributed by atoms with Gasteiger partial charge in [-0.05, 0) is 18.2 Å². The molecule has 0 unspecified atom stereocenters. The number of hydrogen-bond donors (Lipinski definition) is 2. The number of alkyl halides is 3. The Balaban J connectivity index is 2.02. The molecule has 1 aliphatic heterocycles. The minimum absolute atomic E-state index is 0.320. The average Bonchev–Trinajstić information content (AvgIpc) is 2.92. The maximum atomic E-state index is 12.2. The zero-order chi connectivity index (χ0) is 14.3. The monoisotopic (exact) mass is 303 g/mol. The van der Waals surface area contributed by atoms with E-state index in [0.717, 1.165) is 11.3 Å². The molecule has 0 bridgehead atoms. The maximum Gasteiger partial charge on any atom is 0.573 e. The first-order valence-electron chi connectivity index (χ1n) is 5.76.